The predicted molar refractivity (Wildman–Crippen MR) is 95.6 cm³/mol. The van der Waals surface area contributed by atoms with E-state index < -0.39 is 5.97 Å². The van der Waals surface area contributed by atoms with Crippen LogP contribution in [0.5, 0.6) is 5.75 Å². The molecule has 1 N–H and O–H groups in total. The quantitative estimate of drug-likeness (QED) is 0.873. The number of piperidine rings is 1. The lowest BCUT2D eigenvalue weighted by atomic mass is 9.92. The molecule has 1 saturated heterocycles. The molecule has 2 unspecified atom stereocenters. The van der Waals surface area contributed by atoms with Crippen LogP contribution in [0, 0.1) is 5.92 Å². The Morgan fingerprint density at radius 3 is 2.92 bits per heavy atom. The summed E-state index contributed by atoms with van der Waals surface area (Å²) in [7, 11) is 0. The van der Waals surface area contributed by atoms with E-state index in [2.05, 4.69) is 22.0 Å². The molecule has 2 atom stereocenters. The highest BCUT2D eigenvalue weighted by Crippen LogP contribution is 2.33. The summed E-state index contributed by atoms with van der Waals surface area (Å²) in [5.74, 6) is -0.193. The van der Waals surface area contributed by atoms with Crippen molar-refractivity contribution in [1.29, 1.82) is 0 Å². The van der Waals surface area contributed by atoms with E-state index >= 15 is 0 Å². The van der Waals surface area contributed by atoms with Crippen LogP contribution >= 0.6 is 0 Å². The van der Waals surface area contributed by atoms with Crippen LogP contribution in [0.1, 0.15) is 36.9 Å². The van der Waals surface area contributed by atoms with Crippen molar-refractivity contribution >= 4 is 5.97 Å². The molecule has 1 aromatic carbocycles. The zero-order chi connectivity index (χ0) is 17.6. The second kappa shape index (κ2) is 8.12. The Kier molecular flexibility index (Phi) is 5.66. The zero-order valence-corrected chi connectivity index (χ0v) is 14.5. The number of carboxylic acid groups (broad SMARTS) is 1. The number of rotatable bonds is 6. The van der Waals surface area contributed by atoms with Gasteiger partial charge < -0.3 is 9.84 Å². The number of aliphatic carboxylic acids is 1. The van der Waals surface area contributed by atoms with Gasteiger partial charge in [0.1, 0.15) is 5.75 Å². The molecule has 2 aromatic rings. The van der Waals surface area contributed by atoms with Crippen molar-refractivity contribution in [1.82, 2.24) is 9.88 Å². The SMILES string of the molecule is CCOc1cccc(C(c2cccnc2)N2CCCC(C(=O)O)C2)c1. The van der Waals surface area contributed by atoms with Crippen molar-refractivity contribution < 1.29 is 14.6 Å². The maximum atomic E-state index is 11.5. The molecule has 132 valence electrons. The first kappa shape index (κ1) is 17.4. The number of hydrogen-bond acceptors (Lipinski definition) is 4. The topological polar surface area (TPSA) is 62.7 Å². The number of ether oxygens (including phenoxy) is 1. The number of nitrogens with zero attached hydrogens (tertiary/aromatic N) is 2. The number of hydrogen-bond donors (Lipinski definition) is 1. The average molecular weight is 340 g/mol. The maximum Gasteiger partial charge on any atom is 0.307 e. The second-order valence-electron chi connectivity index (χ2n) is 6.37. The van der Waals surface area contributed by atoms with Gasteiger partial charge in [-0.2, -0.15) is 0 Å². The van der Waals surface area contributed by atoms with Crippen LogP contribution in [-0.4, -0.2) is 40.7 Å². The number of carbonyl (C=O) groups is 1. The van der Waals surface area contributed by atoms with Crippen molar-refractivity contribution in [3.63, 3.8) is 0 Å². The van der Waals surface area contributed by atoms with Gasteiger partial charge in [0.25, 0.3) is 0 Å². The molecule has 1 aliphatic heterocycles. The first-order valence-electron chi connectivity index (χ1n) is 8.78. The molecule has 5 heteroatoms. The van der Waals surface area contributed by atoms with E-state index in [0.717, 1.165) is 36.3 Å². The summed E-state index contributed by atoms with van der Waals surface area (Å²) in [6.45, 7) is 4.01. The first-order chi connectivity index (χ1) is 12.2. The minimum Gasteiger partial charge on any atom is -0.494 e. The number of carboxylic acids is 1. The normalized spacial score (nSPS) is 19.3. The predicted octanol–water partition coefficient (Wildman–Crippen LogP) is 3.37. The third-order valence-electron chi connectivity index (χ3n) is 4.65. The number of likely N-dealkylation sites (tertiary alicyclic amines) is 1. The Bertz CT molecular complexity index is 705. The molecule has 2 heterocycles. The molecule has 5 nitrogen and oxygen atoms in total. The molecule has 0 bridgehead atoms. The molecule has 0 saturated carbocycles. The van der Waals surface area contributed by atoms with Gasteiger partial charge in [-0.05, 0) is 55.6 Å². The van der Waals surface area contributed by atoms with Gasteiger partial charge in [0.2, 0.25) is 0 Å². The molecule has 25 heavy (non-hydrogen) atoms. The Hall–Kier alpha value is -2.40. The van der Waals surface area contributed by atoms with E-state index in [-0.39, 0.29) is 12.0 Å². The molecule has 0 radical (unpaired) electrons. The van der Waals surface area contributed by atoms with Crippen molar-refractivity contribution in [3.05, 3.63) is 59.9 Å². The molecular formula is C20H24N2O3. The van der Waals surface area contributed by atoms with E-state index in [0.29, 0.717) is 13.2 Å². The highest BCUT2D eigenvalue weighted by molar-refractivity contribution is 5.70. The summed E-state index contributed by atoms with van der Waals surface area (Å²) >= 11 is 0. The van der Waals surface area contributed by atoms with Gasteiger partial charge in [-0.15, -0.1) is 0 Å². The van der Waals surface area contributed by atoms with E-state index in [1.54, 1.807) is 6.20 Å². The average Bonchev–Trinajstić information content (AvgIpc) is 2.64. The second-order valence-corrected chi connectivity index (χ2v) is 6.37. The zero-order valence-electron chi connectivity index (χ0n) is 14.5. The van der Waals surface area contributed by atoms with E-state index in [1.807, 2.05) is 37.4 Å². The van der Waals surface area contributed by atoms with Crippen LogP contribution in [0.4, 0.5) is 0 Å². The van der Waals surface area contributed by atoms with E-state index in [9.17, 15) is 9.90 Å². The smallest absolute Gasteiger partial charge is 0.307 e. The van der Waals surface area contributed by atoms with E-state index in [4.69, 9.17) is 4.74 Å². The summed E-state index contributed by atoms with van der Waals surface area (Å²) in [5.41, 5.74) is 2.17. The molecule has 1 aromatic heterocycles. The Morgan fingerprint density at radius 1 is 1.36 bits per heavy atom. The highest BCUT2D eigenvalue weighted by Gasteiger charge is 2.31. The summed E-state index contributed by atoms with van der Waals surface area (Å²) < 4.78 is 5.65. The molecule has 1 aliphatic rings. The summed E-state index contributed by atoms with van der Waals surface area (Å²) in [6, 6.07) is 12.0. The van der Waals surface area contributed by atoms with Crippen molar-refractivity contribution in [2.24, 2.45) is 5.92 Å². The highest BCUT2D eigenvalue weighted by atomic mass is 16.5. The van der Waals surface area contributed by atoms with Crippen molar-refractivity contribution in [2.75, 3.05) is 19.7 Å². The third-order valence-corrected chi connectivity index (χ3v) is 4.65. The van der Waals surface area contributed by atoms with Crippen LogP contribution in [0.2, 0.25) is 0 Å². The number of aromatic nitrogens is 1. The Morgan fingerprint density at radius 2 is 2.20 bits per heavy atom. The monoisotopic (exact) mass is 340 g/mol. The Balaban J connectivity index is 1.96. The number of benzene rings is 1. The van der Waals surface area contributed by atoms with Gasteiger partial charge in [0, 0.05) is 18.9 Å². The fraction of sp³-hybridized carbons (Fsp3) is 0.400. The molecular weight excluding hydrogens is 316 g/mol. The lowest BCUT2D eigenvalue weighted by Gasteiger charge is -2.37. The molecule has 0 aliphatic carbocycles. The van der Waals surface area contributed by atoms with Crippen LogP contribution in [-0.2, 0) is 4.79 Å². The van der Waals surface area contributed by atoms with Crippen molar-refractivity contribution in [2.45, 2.75) is 25.8 Å². The van der Waals surface area contributed by atoms with Crippen LogP contribution in [0.15, 0.2) is 48.8 Å². The van der Waals surface area contributed by atoms with Gasteiger partial charge in [0.05, 0.1) is 18.6 Å². The van der Waals surface area contributed by atoms with Gasteiger partial charge in [-0.25, -0.2) is 0 Å². The fourth-order valence-corrected chi connectivity index (χ4v) is 3.54. The van der Waals surface area contributed by atoms with Crippen LogP contribution in [0.3, 0.4) is 0 Å². The van der Waals surface area contributed by atoms with Crippen molar-refractivity contribution in [3.8, 4) is 5.75 Å². The third kappa shape index (κ3) is 4.17. The maximum absolute atomic E-state index is 11.5. The largest absolute Gasteiger partial charge is 0.494 e. The lowest BCUT2D eigenvalue weighted by molar-refractivity contribution is -0.143. The van der Waals surface area contributed by atoms with Gasteiger partial charge >= 0.3 is 5.97 Å². The molecule has 0 spiro atoms. The molecule has 1 fully saturated rings. The number of pyridine rings is 1. The van der Waals surface area contributed by atoms with Crippen LogP contribution in [0.25, 0.3) is 0 Å². The summed E-state index contributed by atoms with van der Waals surface area (Å²) in [6.07, 6.45) is 5.25. The fourth-order valence-electron chi connectivity index (χ4n) is 3.54. The minimum atomic E-state index is -0.710. The minimum absolute atomic E-state index is 0.0174. The van der Waals surface area contributed by atoms with E-state index in [1.165, 1.54) is 0 Å². The standard InChI is InChI=1S/C20H24N2O3/c1-2-25-18-9-3-6-15(12-18)19(16-7-4-10-21-13-16)22-11-5-8-17(14-22)20(23)24/h3-4,6-7,9-10,12-13,17,19H,2,5,8,11,14H2,1H3,(H,23,24). The van der Waals surface area contributed by atoms with Crippen LogP contribution < -0.4 is 4.74 Å². The van der Waals surface area contributed by atoms with Gasteiger partial charge in [0.15, 0.2) is 0 Å². The van der Waals surface area contributed by atoms with Gasteiger partial charge in [-0.3, -0.25) is 14.7 Å². The summed E-state index contributed by atoms with van der Waals surface area (Å²) in [4.78, 5) is 18.0. The lowest BCUT2D eigenvalue weighted by Crippen LogP contribution is -2.41. The first-order valence-corrected chi connectivity index (χ1v) is 8.78. The molecule has 3 rings (SSSR count). The molecule has 0 amide bonds. The Labute approximate surface area is 148 Å². The summed E-state index contributed by atoms with van der Waals surface area (Å²) in [5, 5.41) is 9.43. The van der Waals surface area contributed by atoms with Gasteiger partial charge in [-0.1, -0.05) is 18.2 Å².